The van der Waals surface area contributed by atoms with Crippen LogP contribution in [0.5, 0.6) is 0 Å². The van der Waals surface area contributed by atoms with E-state index >= 15 is 0 Å². The van der Waals surface area contributed by atoms with E-state index in [1.54, 1.807) is 0 Å². The molecular weight excluding hydrogens is 220 g/mol. The summed E-state index contributed by atoms with van der Waals surface area (Å²) in [6.45, 7) is 4.54. The molecule has 2 heteroatoms. The van der Waals surface area contributed by atoms with Crippen LogP contribution in [0.4, 0.5) is 11.4 Å². The van der Waals surface area contributed by atoms with Crippen molar-refractivity contribution in [2.45, 2.75) is 45.6 Å². The summed E-state index contributed by atoms with van der Waals surface area (Å²) in [5.74, 6) is 0.870. The fourth-order valence-electron chi connectivity index (χ4n) is 2.98. The Kier molecular flexibility index (Phi) is 4.15. The second kappa shape index (κ2) is 5.64. The maximum atomic E-state index is 3.71. The van der Waals surface area contributed by atoms with Crippen LogP contribution >= 0.6 is 0 Å². The van der Waals surface area contributed by atoms with Crippen molar-refractivity contribution in [3.8, 4) is 0 Å². The molecule has 1 aromatic carbocycles. The van der Waals surface area contributed by atoms with Gasteiger partial charge in [0.25, 0.3) is 0 Å². The van der Waals surface area contributed by atoms with Gasteiger partial charge in [0.2, 0.25) is 0 Å². The zero-order valence-electron chi connectivity index (χ0n) is 12.2. The highest BCUT2D eigenvalue weighted by Crippen LogP contribution is 2.28. The monoisotopic (exact) mass is 246 g/mol. The number of anilines is 2. The molecule has 0 bridgehead atoms. The molecule has 0 heterocycles. The Morgan fingerprint density at radius 3 is 2.67 bits per heavy atom. The van der Waals surface area contributed by atoms with Crippen molar-refractivity contribution in [3.63, 3.8) is 0 Å². The Morgan fingerprint density at radius 2 is 2.00 bits per heavy atom. The van der Waals surface area contributed by atoms with E-state index in [9.17, 15) is 0 Å². The third-order valence-corrected chi connectivity index (χ3v) is 4.00. The van der Waals surface area contributed by atoms with Gasteiger partial charge in [-0.25, -0.2) is 0 Å². The molecule has 18 heavy (non-hydrogen) atoms. The minimum atomic E-state index is 0.659. The average Bonchev–Trinajstić information content (AvgIpc) is 2.31. The largest absolute Gasteiger partial charge is 0.382 e. The Hall–Kier alpha value is -1.18. The lowest BCUT2D eigenvalue weighted by Crippen LogP contribution is -2.26. The molecule has 2 rings (SSSR count). The molecule has 1 aliphatic rings. The van der Waals surface area contributed by atoms with Crippen molar-refractivity contribution >= 4 is 11.4 Å². The predicted molar refractivity (Wildman–Crippen MR) is 80.5 cm³/mol. The second-order valence-electron chi connectivity index (χ2n) is 6.01. The maximum Gasteiger partial charge on any atom is 0.0411 e. The number of aryl methyl sites for hydroxylation is 1. The van der Waals surface area contributed by atoms with E-state index in [1.807, 2.05) is 0 Å². The van der Waals surface area contributed by atoms with Gasteiger partial charge in [-0.15, -0.1) is 0 Å². The van der Waals surface area contributed by atoms with Gasteiger partial charge in [0.05, 0.1) is 0 Å². The van der Waals surface area contributed by atoms with E-state index in [4.69, 9.17) is 0 Å². The van der Waals surface area contributed by atoms with E-state index in [2.05, 4.69) is 56.4 Å². The molecule has 100 valence electrons. The third-order valence-electron chi connectivity index (χ3n) is 4.00. The number of hydrogen-bond donors (Lipinski definition) is 1. The van der Waals surface area contributed by atoms with Crippen LogP contribution in [0.25, 0.3) is 0 Å². The van der Waals surface area contributed by atoms with Gasteiger partial charge in [0.1, 0.15) is 0 Å². The summed E-state index contributed by atoms with van der Waals surface area (Å²) in [6, 6.07) is 7.35. The highest BCUT2D eigenvalue weighted by molar-refractivity contribution is 5.62. The molecule has 1 saturated carbocycles. The molecule has 0 spiro atoms. The molecule has 1 aromatic rings. The maximum absolute atomic E-state index is 3.71. The summed E-state index contributed by atoms with van der Waals surface area (Å²) in [5.41, 5.74) is 3.91. The molecule has 0 amide bonds. The van der Waals surface area contributed by atoms with E-state index in [0.29, 0.717) is 6.04 Å². The fourth-order valence-corrected chi connectivity index (χ4v) is 2.98. The minimum absolute atomic E-state index is 0.659. The Balaban J connectivity index is 2.07. The van der Waals surface area contributed by atoms with Crippen molar-refractivity contribution in [3.05, 3.63) is 23.8 Å². The zero-order chi connectivity index (χ0) is 13.1. The molecule has 1 aliphatic carbocycles. The van der Waals surface area contributed by atoms with Crippen LogP contribution in [0.2, 0.25) is 0 Å². The summed E-state index contributed by atoms with van der Waals surface area (Å²) in [4.78, 5) is 2.18. The van der Waals surface area contributed by atoms with Crippen LogP contribution in [-0.2, 0) is 0 Å². The van der Waals surface area contributed by atoms with Crippen LogP contribution in [-0.4, -0.2) is 20.1 Å². The first-order valence-electron chi connectivity index (χ1n) is 7.11. The second-order valence-corrected chi connectivity index (χ2v) is 6.01. The van der Waals surface area contributed by atoms with Gasteiger partial charge < -0.3 is 10.2 Å². The van der Waals surface area contributed by atoms with Crippen molar-refractivity contribution in [1.29, 1.82) is 0 Å². The summed E-state index contributed by atoms with van der Waals surface area (Å²) in [7, 11) is 4.21. The topological polar surface area (TPSA) is 15.3 Å². The average molecular weight is 246 g/mol. The van der Waals surface area contributed by atoms with Gasteiger partial charge in [-0.3, -0.25) is 0 Å². The van der Waals surface area contributed by atoms with Crippen molar-refractivity contribution in [2.24, 2.45) is 5.92 Å². The van der Waals surface area contributed by atoms with Gasteiger partial charge in [-0.1, -0.05) is 25.8 Å². The SMILES string of the molecule is Cc1ccc(NC2CCCC(C)C2)cc1N(C)C. The van der Waals surface area contributed by atoms with Gasteiger partial charge in [0.15, 0.2) is 0 Å². The predicted octanol–water partition coefficient (Wildman–Crippen LogP) is 4.05. The zero-order valence-corrected chi connectivity index (χ0v) is 12.2. The van der Waals surface area contributed by atoms with Crippen molar-refractivity contribution in [1.82, 2.24) is 0 Å². The van der Waals surface area contributed by atoms with Crippen LogP contribution in [0.1, 0.15) is 38.2 Å². The molecule has 2 nitrogen and oxygen atoms in total. The summed E-state index contributed by atoms with van der Waals surface area (Å²) in [6.07, 6.45) is 5.39. The van der Waals surface area contributed by atoms with Gasteiger partial charge >= 0.3 is 0 Å². The summed E-state index contributed by atoms with van der Waals surface area (Å²) in [5, 5.41) is 3.71. The first-order chi connectivity index (χ1) is 8.56. The van der Waals surface area contributed by atoms with E-state index in [1.165, 1.54) is 42.6 Å². The first kappa shape index (κ1) is 13.3. The van der Waals surface area contributed by atoms with Gasteiger partial charge in [0, 0.05) is 31.5 Å². The highest BCUT2D eigenvalue weighted by atomic mass is 15.1. The molecule has 0 aromatic heterocycles. The minimum Gasteiger partial charge on any atom is -0.382 e. The Labute approximate surface area is 111 Å². The first-order valence-corrected chi connectivity index (χ1v) is 7.11. The molecule has 0 saturated heterocycles. The highest BCUT2D eigenvalue weighted by Gasteiger charge is 2.18. The Morgan fingerprint density at radius 1 is 1.22 bits per heavy atom. The van der Waals surface area contributed by atoms with Crippen molar-refractivity contribution in [2.75, 3.05) is 24.3 Å². The summed E-state index contributed by atoms with van der Waals surface area (Å²) < 4.78 is 0. The van der Waals surface area contributed by atoms with E-state index in [0.717, 1.165) is 5.92 Å². The number of nitrogens with zero attached hydrogens (tertiary/aromatic N) is 1. The third kappa shape index (κ3) is 3.18. The normalized spacial score (nSPS) is 23.8. The van der Waals surface area contributed by atoms with Crippen LogP contribution in [0.3, 0.4) is 0 Å². The lowest BCUT2D eigenvalue weighted by molar-refractivity contribution is 0.358. The molecule has 0 aliphatic heterocycles. The Bertz CT molecular complexity index is 398. The van der Waals surface area contributed by atoms with E-state index < -0.39 is 0 Å². The van der Waals surface area contributed by atoms with E-state index in [-0.39, 0.29) is 0 Å². The molecular formula is C16H26N2. The number of rotatable bonds is 3. The number of nitrogens with one attached hydrogen (secondary N) is 1. The van der Waals surface area contributed by atoms with Gasteiger partial charge in [-0.2, -0.15) is 0 Å². The molecule has 1 fully saturated rings. The number of hydrogen-bond acceptors (Lipinski definition) is 2. The fraction of sp³-hybridized carbons (Fsp3) is 0.625. The lowest BCUT2D eigenvalue weighted by atomic mass is 9.87. The molecule has 1 N–H and O–H groups in total. The molecule has 2 unspecified atom stereocenters. The quantitative estimate of drug-likeness (QED) is 0.865. The number of benzene rings is 1. The standard InChI is InChI=1S/C16H26N2/c1-12-6-5-7-14(10-12)17-15-9-8-13(2)16(11-15)18(3)4/h8-9,11-12,14,17H,5-7,10H2,1-4H3. The van der Waals surface area contributed by atoms with Crippen LogP contribution in [0.15, 0.2) is 18.2 Å². The molecule has 2 atom stereocenters. The summed E-state index contributed by atoms with van der Waals surface area (Å²) >= 11 is 0. The lowest BCUT2D eigenvalue weighted by Gasteiger charge is -2.29. The van der Waals surface area contributed by atoms with Crippen molar-refractivity contribution < 1.29 is 0 Å². The smallest absolute Gasteiger partial charge is 0.0411 e. The molecule has 0 radical (unpaired) electrons. The van der Waals surface area contributed by atoms with Crippen LogP contribution in [0, 0.1) is 12.8 Å². The van der Waals surface area contributed by atoms with Gasteiger partial charge in [-0.05, 0) is 43.4 Å². The van der Waals surface area contributed by atoms with Crippen LogP contribution < -0.4 is 10.2 Å².